The van der Waals surface area contributed by atoms with E-state index in [1.54, 1.807) is 12.2 Å². The average Bonchev–Trinajstić information content (AvgIpc) is 2.82. The molecule has 5 rings (SSSR count). The summed E-state index contributed by atoms with van der Waals surface area (Å²) >= 11 is 0. The van der Waals surface area contributed by atoms with Gasteiger partial charge in [-0.25, -0.2) is 0 Å². The third-order valence-electron chi connectivity index (χ3n) is 7.26. The second-order valence-corrected chi connectivity index (χ2v) is 11.5. The van der Waals surface area contributed by atoms with Crippen molar-refractivity contribution in [1.29, 1.82) is 0 Å². The van der Waals surface area contributed by atoms with Crippen LogP contribution in [0.2, 0.25) is 0 Å². The largest absolute Gasteiger partial charge is 0.379 e. The summed E-state index contributed by atoms with van der Waals surface area (Å²) in [7, 11) is 0. The number of fused-ring (bicyclic) bond motifs is 2. The number of carbonyl (C=O) groups excluding carboxylic acids is 2. The highest BCUT2D eigenvalue weighted by atomic mass is 16.2. The van der Waals surface area contributed by atoms with E-state index in [1.807, 2.05) is 34.1 Å². The molecule has 0 spiro atoms. The van der Waals surface area contributed by atoms with E-state index >= 15 is 0 Å². The van der Waals surface area contributed by atoms with Gasteiger partial charge in [-0.3, -0.25) is 9.59 Å². The van der Waals surface area contributed by atoms with Crippen LogP contribution in [0.25, 0.3) is 11.4 Å². The molecule has 188 valence electrons. The Morgan fingerprint density at radius 2 is 1.03 bits per heavy atom. The second kappa shape index (κ2) is 9.16. The van der Waals surface area contributed by atoms with Gasteiger partial charge in [0.25, 0.3) is 0 Å². The van der Waals surface area contributed by atoms with E-state index in [0.29, 0.717) is 26.2 Å². The van der Waals surface area contributed by atoms with Crippen molar-refractivity contribution >= 4 is 23.2 Å². The third-order valence-corrected chi connectivity index (χ3v) is 7.26. The molecule has 0 atom stereocenters. The summed E-state index contributed by atoms with van der Waals surface area (Å²) in [6, 6.07) is 16.5. The molecule has 2 N–H and O–H groups in total. The summed E-state index contributed by atoms with van der Waals surface area (Å²) in [4.78, 5) is 30.0. The lowest BCUT2D eigenvalue weighted by molar-refractivity contribution is -0.134. The Kier molecular flexibility index (Phi) is 6.15. The number of hydrogen-bond acceptors (Lipinski definition) is 4. The normalized spacial score (nSPS) is 22.3. The van der Waals surface area contributed by atoms with Crippen LogP contribution >= 0.6 is 0 Å². The number of hydrogen-bond donors (Lipinski definition) is 2. The maximum absolute atomic E-state index is 13.2. The molecule has 1 fully saturated rings. The maximum Gasteiger partial charge on any atom is 0.248 e. The Bertz CT molecular complexity index is 1150. The van der Waals surface area contributed by atoms with E-state index in [-0.39, 0.29) is 22.9 Å². The molecule has 3 heterocycles. The summed E-state index contributed by atoms with van der Waals surface area (Å²) in [5, 5.41) is 7.08. The number of piperazine rings is 1. The average molecular weight is 485 g/mol. The Balaban J connectivity index is 1.26. The van der Waals surface area contributed by atoms with Crippen molar-refractivity contribution < 1.29 is 9.59 Å². The van der Waals surface area contributed by atoms with Crippen LogP contribution in [0, 0.1) is 0 Å². The summed E-state index contributed by atoms with van der Waals surface area (Å²) in [6.45, 7) is 10.7. The molecule has 0 aliphatic carbocycles. The zero-order chi connectivity index (χ0) is 25.5. The Hall–Kier alpha value is -3.54. The van der Waals surface area contributed by atoms with Crippen LogP contribution < -0.4 is 10.6 Å². The highest BCUT2D eigenvalue weighted by molar-refractivity contribution is 5.97. The van der Waals surface area contributed by atoms with E-state index in [2.05, 4.69) is 62.6 Å². The molecule has 0 radical (unpaired) electrons. The fourth-order valence-electron chi connectivity index (χ4n) is 5.58. The van der Waals surface area contributed by atoms with E-state index in [0.717, 1.165) is 35.4 Å². The van der Waals surface area contributed by atoms with Gasteiger partial charge in [0.05, 0.1) is 0 Å². The second-order valence-electron chi connectivity index (χ2n) is 11.5. The third kappa shape index (κ3) is 5.03. The molecule has 2 aromatic carbocycles. The van der Waals surface area contributed by atoms with Gasteiger partial charge in [-0.2, -0.15) is 0 Å². The molecule has 0 aromatic heterocycles. The molecular weight excluding hydrogens is 448 g/mol. The quantitative estimate of drug-likeness (QED) is 0.640. The minimum absolute atomic E-state index is 0.0138. The molecule has 3 aliphatic rings. The molecular formula is C30H36N4O2. The number of nitrogens with one attached hydrogen (secondary N) is 2. The minimum Gasteiger partial charge on any atom is -0.379 e. The van der Waals surface area contributed by atoms with Crippen LogP contribution in [-0.2, 0) is 22.4 Å². The van der Waals surface area contributed by atoms with E-state index in [9.17, 15) is 9.59 Å². The van der Waals surface area contributed by atoms with Crippen molar-refractivity contribution in [2.75, 3.05) is 26.2 Å². The first-order valence-electron chi connectivity index (χ1n) is 12.8. The van der Waals surface area contributed by atoms with Gasteiger partial charge in [-0.05, 0) is 51.7 Å². The topological polar surface area (TPSA) is 64.7 Å². The fourth-order valence-corrected chi connectivity index (χ4v) is 5.58. The summed E-state index contributed by atoms with van der Waals surface area (Å²) < 4.78 is 0. The lowest BCUT2D eigenvalue weighted by Gasteiger charge is -2.37. The van der Waals surface area contributed by atoms with Gasteiger partial charge >= 0.3 is 0 Å². The molecule has 0 unspecified atom stereocenters. The Morgan fingerprint density at radius 3 is 1.42 bits per heavy atom. The van der Waals surface area contributed by atoms with Gasteiger partial charge in [-0.15, -0.1) is 0 Å². The smallest absolute Gasteiger partial charge is 0.248 e. The molecule has 0 bridgehead atoms. The fraction of sp³-hybridized carbons (Fsp3) is 0.400. The minimum atomic E-state index is -0.112. The molecule has 0 saturated carbocycles. The van der Waals surface area contributed by atoms with Crippen molar-refractivity contribution in [2.45, 2.75) is 51.6 Å². The van der Waals surface area contributed by atoms with Crippen LogP contribution in [0.15, 0.2) is 60.7 Å². The first-order valence-corrected chi connectivity index (χ1v) is 12.8. The Morgan fingerprint density at radius 1 is 0.667 bits per heavy atom. The van der Waals surface area contributed by atoms with Gasteiger partial charge in [0.15, 0.2) is 0 Å². The molecule has 2 aromatic rings. The Labute approximate surface area is 214 Å². The first kappa shape index (κ1) is 24.2. The number of amides is 2. The standard InChI is InChI=1S/C30H36N4O2/c1-29(2)19-21-9-5-7-11-23(21)25(31-29)17-27(35)33-13-15-34(16-14-33)28(36)18-26-24-12-8-6-10-22(24)20-30(3,4)32-26/h5-12,17-18,31-32H,13-16,19-20H2,1-4H3. The number of benzene rings is 2. The number of rotatable bonds is 2. The predicted molar refractivity (Wildman–Crippen MR) is 144 cm³/mol. The van der Waals surface area contributed by atoms with Gasteiger partial charge in [0.2, 0.25) is 11.8 Å². The maximum atomic E-state index is 13.2. The zero-order valence-electron chi connectivity index (χ0n) is 21.7. The molecule has 6 nitrogen and oxygen atoms in total. The SMILES string of the molecule is CC1(C)Cc2ccccc2C(=CC(=O)N2CCN(C(=O)C=C3NC(C)(C)Cc4ccccc43)CC2)N1. The number of nitrogens with zero attached hydrogens (tertiary/aromatic N) is 2. The van der Waals surface area contributed by atoms with Crippen LogP contribution in [-0.4, -0.2) is 58.9 Å². The first-order chi connectivity index (χ1) is 17.1. The van der Waals surface area contributed by atoms with Gasteiger partial charge < -0.3 is 20.4 Å². The van der Waals surface area contributed by atoms with Crippen molar-refractivity contribution in [3.63, 3.8) is 0 Å². The highest BCUT2D eigenvalue weighted by Gasteiger charge is 2.30. The number of carbonyl (C=O) groups is 2. The van der Waals surface area contributed by atoms with E-state index in [1.165, 1.54) is 11.1 Å². The van der Waals surface area contributed by atoms with Crippen LogP contribution in [0.3, 0.4) is 0 Å². The van der Waals surface area contributed by atoms with Gasteiger partial charge in [0.1, 0.15) is 0 Å². The highest BCUT2D eigenvalue weighted by Crippen LogP contribution is 2.30. The zero-order valence-corrected chi connectivity index (χ0v) is 21.7. The van der Waals surface area contributed by atoms with Gasteiger partial charge in [0, 0.05) is 71.9 Å². The van der Waals surface area contributed by atoms with Crippen molar-refractivity contribution in [1.82, 2.24) is 20.4 Å². The van der Waals surface area contributed by atoms with Crippen LogP contribution in [0.1, 0.15) is 49.9 Å². The lowest BCUT2D eigenvalue weighted by atomic mass is 9.86. The molecule has 2 amide bonds. The molecule has 1 saturated heterocycles. The van der Waals surface area contributed by atoms with Gasteiger partial charge in [-0.1, -0.05) is 48.5 Å². The summed E-state index contributed by atoms with van der Waals surface area (Å²) in [5.74, 6) is -0.0276. The van der Waals surface area contributed by atoms with E-state index < -0.39 is 0 Å². The van der Waals surface area contributed by atoms with Crippen molar-refractivity contribution in [3.8, 4) is 0 Å². The molecule has 6 heteroatoms. The molecule has 36 heavy (non-hydrogen) atoms. The summed E-state index contributed by atoms with van der Waals surface area (Å²) in [6.07, 6.45) is 5.29. The monoisotopic (exact) mass is 484 g/mol. The molecule has 3 aliphatic heterocycles. The summed E-state index contributed by atoms with van der Waals surface area (Å²) in [5.41, 5.74) is 6.22. The predicted octanol–water partition coefficient (Wildman–Crippen LogP) is 3.59. The van der Waals surface area contributed by atoms with Crippen molar-refractivity contribution in [2.24, 2.45) is 0 Å². The van der Waals surface area contributed by atoms with Crippen LogP contribution in [0.5, 0.6) is 0 Å². The van der Waals surface area contributed by atoms with E-state index in [4.69, 9.17) is 0 Å². The van der Waals surface area contributed by atoms with Crippen LogP contribution in [0.4, 0.5) is 0 Å². The lowest BCUT2D eigenvalue weighted by Crippen LogP contribution is -2.50. The van der Waals surface area contributed by atoms with Crippen molar-refractivity contribution in [3.05, 3.63) is 82.9 Å².